The van der Waals surface area contributed by atoms with Crippen molar-refractivity contribution >= 4 is 21.1 Å². The van der Waals surface area contributed by atoms with Crippen LogP contribution in [0.4, 0.5) is 0 Å². The summed E-state index contributed by atoms with van der Waals surface area (Å²) in [7, 11) is -1.96. The average molecular weight is 556 g/mol. The van der Waals surface area contributed by atoms with Gasteiger partial charge in [-0.25, -0.2) is 13.4 Å². The second-order valence-corrected chi connectivity index (χ2v) is 11.5. The van der Waals surface area contributed by atoms with Gasteiger partial charge in [0, 0.05) is 52.4 Å². The number of benzene rings is 1. The molecule has 0 aliphatic carbocycles. The van der Waals surface area contributed by atoms with Gasteiger partial charge in [0.1, 0.15) is 17.1 Å². The summed E-state index contributed by atoms with van der Waals surface area (Å²) in [6.07, 6.45) is 4.25. The summed E-state index contributed by atoms with van der Waals surface area (Å²) in [6, 6.07) is 4.73. The Morgan fingerprint density at radius 2 is 1.90 bits per heavy atom. The number of fused-ring (bicyclic) bond motifs is 1. The molecule has 0 amide bonds. The highest BCUT2D eigenvalue weighted by atomic mass is 32.2. The van der Waals surface area contributed by atoms with E-state index in [4.69, 9.17) is 9.72 Å². The molecular formula is C25H33N9O4S. The Kier molecular flexibility index (Phi) is 7.77. The van der Waals surface area contributed by atoms with Crippen LogP contribution >= 0.6 is 0 Å². The minimum atomic E-state index is -3.78. The molecule has 0 radical (unpaired) electrons. The van der Waals surface area contributed by atoms with Crippen LogP contribution in [-0.2, 0) is 29.9 Å². The Balaban J connectivity index is 1.43. The van der Waals surface area contributed by atoms with Crippen molar-refractivity contribution < 1.29 is 13.2 Å². The highest BCUT2D eigenvalue weighted by molar-refractivity contribution is 7.89. The molecule has 1 aliphatic rings. The van der Waals surface area contributed by atoms with Crippen LogP contribution in [-0.4, -0.2) is 92.1 Å². The quantitative estimate of drug-likeness (QED) is 0.295. The Morgan fingerprint density at radius 1 is 1.10 bits per heavy atom. The molecule has 0 saturated carbocycles. The predicted molar refractivity (Wildman–Crippen MR) is 145 cm³/mol. The number of sulfonamides is 1. The fourth-order valence-corrected chi connectivity index (χ4v) is 6.43. The normalized spacial score (nSPS) is 15.3. The van der Waals surface area contributed by atoms with Crippen LogP contribution in [0.3, 0.4) is 0 Å². The summed E-state index contributed by atoms with van der Waals surface area (Å²) in [4.78, 5) is 23.0. The molecule has 39 heavy (non-hydrogen) atoms. The number of tetrazole rings is 1. The number of aryl methyl sites for hydroxylation is 2. The van der Waals surface area contributed by atoms with Crippen molar-refractivity contribution in [1.82, 2.24) is 44.4 Å². The van der Waals surface area contributed by atoms with Crippen LogP contribution in [0.15, 0.2) is 34.1 Å². The first-order chi connectivity index (χ1) is 18.8. The number of hydrogen-bond acceptors (Lipinski definition) is 9. The molecule has 1 aromatic carbocycles. The number of ether oxygens (including phenoxy) is 1. The van der Waals surface area contributed by atoms with Gasteiger partial charge in [0.2, 0.25) is 10.0 Å². The molecule has 3 aromatic heterocycles. The van der Waals surface area contributed by atoms with E-state index in [1.807, 2.05) is 20.2 Å². The van der Waals surface area contributed by atoms with E-state index in [1.54, 1.807) is 22.8 Å². The molecule has 1 saturated heterocycles. The summed E-state index contributed by atoms with van der Waals surface area (Å²) in [6.45, 7) is 6.95. The molecule has 208 valence electrons. The van der Waals surface area contributed by atoms with Crippen molar-refractivity contribution in [3.05, 3.63) is 46.1 Å². The fourth-order valence-electron chi connectivity index (χ4n) is 4.98. The van der Waals surface area contributed by atoms with Gasteiger partial charge < -0.3 is 19.2 Å². The maximum atomic E-state index is 13.7. The van der Waals surface area contributed by atoms with Crippen LogP contribution in [0.25, 0.3) is 22.4 Å². The van der Waals surface area contributed by atoms with E-state index in [0.29, 0.717) is 67.4 Å². The molecule has 2 N–H and O–H groups in total. The van der Waals surface area contributed by atoms with Gasteiger partial charge >= 0.3 is 0 Å². The van der Waals surface area contributed by atoms with E-state index in [0.717, 1.165) is 24.9 Å². The lowest BCUT2D eigenvalue weighted by atomic mass is 10.1. The van der Waals surface area contributed by atoms with Crippen molar-refractivity contribution in [2.45, 2.75) is 38.0 Å². The zero-order valence-electron chi connectivity index (χ0n) is 22.3. The number of piperazine rings is 1. The Hall–Kier alpha value is -3.62. The Bertz CT molecular complexity index is 1600. The lowest BCUT2D eigenvalue weighted by molar-refractivity contribution is 0.189. The van der Waals surface area contributed by atoms with Gasteiger partial charge in [0.25, 0.3) is 5.56 Å². The fraction of sp³-hybridized carbons (Fsp3) is 0.480. The van der Waals surface area contributed by atoms with Gasteiger partial charge in [-0.15, -0.1) is 10.2 Å². The van der Waals surface area contributed by atoms with Crippen molar-refractivity contribution in [3.63, 3.8) is 0 Å². The second-order valence-electron chi connectivity index (χ2n) is 9.54. The summed E-state index contributed by atoms with van der Waals surface area (Å²) in [5, 5.41) is 13.9. The molecule has 1 aliphatic heterocycles. The van der Waals surface area contributed by atoms with Crippen LogP contribution in [0.5, 0.6) is 5.75 Å². The maximum Gasteiger partial charge on any atom is 0.275 e. The minimum absolute atomic E-state index is 0.130. The first-order valence-electron chi connectivity index (χ1n) is 13.1. The smallest absolute Gasteiger partial charge is 0.275 e. The van der Waals surface area contributed by atoms with Gasteiger partial charge in [-0.2, -0.15) is 9.52 Å². The average Bonchev–Trinajstić information content (AvgIpc) is 3.56. The standard InChI is InChI=1S/C25H33N9O4S/c1-4-6-17-16-32(3)23-22(17)26-24(27-25(23)35)19-15-18(7-8-20(19)38-5-2)39(36,37)34-13-11-33(12-14-34)10-9-21-28-30-31-29-21/h7-8,15-16H,4-6,9-14H2,1-3H3,(H,26,27,35)(H,28,29,30,31). The van der Waals surface area contributed by atoms with Crippen LogP contribution in [0.1, 0.15) is 31.7 Å². The molecule has 0 spiro atoms. The summed E-state index contributed by atoms with van der Waals surface area (Å²) in [5.41, 5.74) is 2.22. The molecule has 13 nitrogen and oxygen atoms in total. The molecule has 4 aromatic rings. The van der Waals surface area contributed by atoms with Gasteiger partial charge in [-0.05, 0) is 37.1 Å². The van der Waals surface area contributed by atoms with E-state index in [9.17, 15) is 13.2 Å². The number of nitrogens with zero attached hydrogens (tertiary/aromatic N) is 7. The zero-order chi connectivity index (χ0) is 27.6. The van der Waals surface area contributed by atoms with Crippen LogP contribution in [0.2, 0.25) is 0 Å². The van der Waals surface area contributed by atoms with Gasteiger partial charge in [0.15, 0.2) is 5.82 Å². The number of aromatic amines is 2. The number of H-pyrrole nitrogens is 2. The molecule has 5 rings (SSSR count). The maximum absolute atomic E-state index is 13.7. The Labute approximate surface area is 226 Å². The third-order valence-electron chi connectivity index (χ3n) is 6.94. The summed E-state index contributed by atoms with van der Waals surface area (Å²) >= 11 is 0. The Morgan fingerprint density at radius 3 is 2.59 bits per heavy atom. The number of nitrogens with one attached hydrogen (secondary N) is 2. The monoisotopic (exact) mass is 555 g/mol. The van der Waals surface area contributed by atoms with E-state index in [-0.39, 0.29) is 16.3 Å². The topological polar surface area (TPSA) is 155 Å². The third-order valence-corrected chi connectivity index (χ3v) is 8.83. The van der Waals surface area contributed by atoms with E-state index in [2.05, 4.69) is 37.4 Å². The SMILES string of the molecule is CCCc1cn(C)c2c(=O)[nH]c(-c3cc(S(=O)(=O)N4CCN(CCc5nn[nH]n5)CC4)ccc3OCC)nc12. The van der Waals surface area contributed by atoms with Crippen LogP contribution < -0.4 is 10.3 Å². The van der Waals surface area contributed by atoms with Gasteiger partial charge in [-0.3, -0.25) is 4.79 Å². The van der Waals surface area contributed by atoms with E-state index in [1.165, 1.54) is 4.31 Å². The van der Waals surface area contributed by atoms with Gasteiger partial charge in [0.05, 0.1) is 22.6 Å². The van der Waals surface area contributed by atoms with E-state index < -0.39 is 10.0 Å². The molecule has 4 heterocycles. The molecular weight excluding hydrogens is 522 g/mol. The van der Waals surface area contributed by atoms with Crippen molar-refractivity contribution in [1.29, 1.82) is 0 Å². The second kappa shape index (κ2) is 11.2. The van der Waals surface area contributed by atoms with Crippen molar-refractivity contribution in [2.75, 3.05) is 39.3 Å². The molecule has 14 heteroatoms. The lowest BCUT2D eigenvalue weighted by Gasteiger charge is -2.33. The molecule has 1 fully saturated rings. The molecule has 0 bridgehead atoms. The molecule has 0 atom stereocenters. The van der Waals surface area contributed by atoms with Crippen molar-refractivity contribution in [3.8, 4) is 17.1 Å². The highest BCUT2D eigenvalue weighted by Gasteiger charge is 2.30. The minimum Gasteiger partial charge on any atom is -0.493 e. The summed E-state index contributed by atoms with van der Waals surface area (Å²) < 4.78 is 36.4. The van der Waals surface area contributed by atoms with Crippen LogP contribution in [0, 0.1) is 0 Å². The zero-order valence-corrected chi connectivity index (χ0v) is 23.2. The van der Waals surface area contributed by atoms with E-state index >= 15 is 0 Å². The predicted octanol–water partition coefficient (Wildman–Crippen LogP) is 1.34. The lowest BCUT2D eigenvalue weighted by Crippen LogP contribution is -2.49. The largest absolute Gasteiger partial charge is 0.493 e. The molecule has 0 unspecified atom stereocenters. The number of hydrogen-bond donors (Lipinski definition) is 2. The highest BCUT2D eigenvalue weighted by Crippen LogP contribution is 2.32. The summed E-state index contributed by atoms with van der Waals surface area (Å²) in [5.74, 6) is 1.37. The first-order valence-corrected chi connectivity index (χ1v) is 14.6. The number of rotatable bonds is 10. The first kappa shape index (κ1) is 27.0. The third kappa shape index (κ3) is 5.44. The van der Waals surface area contributed by atoms with Gasteiger partial charge in [-0.1, -0.05) is 18.6 Å². The number of aromatic nitrogens is 7. The van der Waals surface area contributed by atoms with Crippen molar-refractivity contribution in [2.24, 2.45) is 7.05 Å².